The molecule has 168 valence electrons. The van der Waals surface area contributed by atoms with Crippen molar-refractivity contribution in [3.8, 4) is 0 Å². The normalized spacial score (nSPS) is 22.8. The van der Waals surface area contributed by atoms with E-state index in [9.17, 15) is 22.0 Å². The Bertz CT molecular complexity index is 1050. The molecular formula is C22H23ClF2O4S2. The number of thioether (sulfide) groups is 1. The van der Waals surface area contributed by atoms with E-state index in [0.717, 1.165) is 18.2 Å². The van der Waals surface area contributed by atoms with Crippen LogP contribution in [0.1, 0.15) is 38.2 Å². The van der Waals surface area contributed by atoms with Crippen LogP contribution in [0.15, 0.2) is 47.4 Å². The van der Waals surface area contributed by atoms with Crippen LogP contribution in [0.2, 0.25) is 5.02 Å². The molecule has 2 aromatic carbocycles. The van der Waals surface area contributed by atoms with Crippen LogP contribution in [0.3, 0.4) is 0 Å². The van der Waals surface area contributed by atoms with Gasteiger partial charge in [0.05, 0.1) is 10.1 Å². The first-order chi connectivity index (χ1) is 14.6. The highest BCUT2D eigenvalue weighted by Gasteiger charge is 2.50. The van der Waals surface area contributed by atoms with Gasteiger partial charge in [-0.3, -0.25) is 4.79 Å². The van der Waals surface area contributed by atoms with E-state index in [1.807, 2.05) is 0 Å². The fraction of sp³-hybridized carbons (Fsp3) is 0.409. The molecule has 1 aliphatic rings. The summed E-state index contributed by atoms with van der Waals surface area (Å²) >= 11 is 7.20. The Hall–Kier alpha value is -1.64. The summed E-state index contributed by atoms with van der Waals surface area (Å²) in [6.45, 7) is 1.60. The van der Waals surface area contributed by atoms with Gasteiger partial charge in [0.15, 0.2) is 9.84 Å². The van der Waals surface area contributed by atoms with Gasteiger partial charge in [-0.15, -0.1) is 11.8 Å². The van der Waals surface area contributed by atoms with Gasteiger partial charge in [0.2, 0.25) is 0 Å². The molecule has 3 rings (SSSR count). The summed E-state index contributed by atoms with van der Waals surface area (Å²) in [7, 11) is -4.07. The van der Waals surface area contributed by atoms with Gasteiger partial charge in [-0.1, -0.05) is 11.6 Å². The van der Waals surface area contributed by atoms with Crippen molar-refractivity contribution in [2.24, 2.45) is 5.92 Å². The van der Waals surface area contributed by atoms with Gasteiger partial charge in [-0.05, 0) is 86.7 Å². The van der Waals surface area contributed by atoms with Gasteiger partial charge < -0.3 is 5.11 Å². The van der Waals surface area contributed by atoms with E-state index in [2.05, 4.69) is 0 Å². The topological polar surface area (TPSA) is 71.4 Å². The molecule has 1 atom stereocenters. The third kappa shape index (κ3) is 4.91. The van der Waals surface area contributed by atoms with Crippen molar-refractivity contribution in [3.05, 3.63) is 64.7 Å². The summed E-state index contributed by atoms with van der Waals surface area (Å²) in [5, 5.41) is 8.87. The number of aliphatic carboxylic acids is 1. The highest BCUT2D eigenvalue weighted by Crippen LogP contribution is 2.49. The lowest BCUT2D eigenvalue weighted by Gasteiger charge is -2.40. The summed E-state index contributed by atoms with van der Waals surface area (Å²) in [4.78, 5) is 11.1. The van der Waals surface area contributed by atoms with Crippen molar-refractivity contribution >= 4 is 39.2 Å². The zero-order valence-electron chi connectivity index (χ0n) is 16.9. The molecule has 0 radical (unpaired) electrons. The number of carboxylic acids is 1. The molecule has 0 heterocycles. The van der Waals surface area contributed by atoms with Crippen LogP contribution >= 0.6 is 23.4 Å². The van der Waals surface area contributed by atoms with E-state index < -0.39 is 37.4 Å². The van der Waals surface area contributed by atoms with Crippen molar-refractivity contribution in [2.45, 2.75) is 47.5 Å². The second kappa shape index (κ2) is 9.46. The predicted molar refractivity (Wildman–Crippen MR) is 118 cm³/mol. The molecular weight excluding hydrogens is 466 g/mol. The highest BCUT2D eigenvalue weighted by molar-refractivity contribution is 8.00. The van der Waals surface area contributed by atoms with Crippen LogP contribution in [0.4, 0.5) is 8.78 Å². The molecule has 0 amide bonds. The zero-order chi connectivity index (χ0) is 22.8. The van der Waals surface area contributed by atoms with Crippen LogP contribution in [-0.4, -0.2) is 30.5 Å². The molecule has 1 N–H and O–H groups in total. The average molecular weight is 489 g/mol. The summed E-state index contributed by atoms with van der Waals surface area (Å²) in [6, 6.07) is 8.58. The maximum absolute atomic E-state index is 14.8. The third-order valence-corrected chi connectivity index (χ3v) is 10.1. The van der Waals surface area contributed by atoms with Gasteiger partial charge in [-0.25, -0.2) is 17.2 Å². The number of hydrogen-bond acceptors (Lipinski definition) is 4. The van der Waals surface area contributed by atoms with Gasteiger partial charge in [-0.2, -0.15) is 0 Å². The Morgan fingerprint density at radius 2 is 1.81 bits per heavy atom. The fourth-order valence-corrected chi connectivity index (χ4v) is 7.36. The highest BCUT2D eigenvalue weighted by atomic mass is 35.5. The number of benzene rings is 2. The van der Waals surface area contributed by atoms with Crippen LogP contribution in [0.5, 0.6) is 0 Å². The van der Waals surface area contributed by atoms with Gasteiger partial charge in [0.25, 0.3) is 0 Å². The van der Waals surface area contributed by atoms with Crippen LogP contribution in [0.25, 0.3) is 0 Å². The zero-order valence-corrected chi connectivity index (χ0v) is 19.2. The maximum atomic E-state index is 14.8. The standard InChI is InChI=1S/C22H23ClF2O4S2/c1-14(21(26)27)30-13-15-8-10-22(11-9-15,19-12-17(24)4-7-20(19)25)31(28,29)18-5-2-16(23)3-6-18/h2-7,12,14-15H,8-11,13H2,1H3,(H,26,27). The quantitative estimate of drug-likeness (QED) is 0.542. The Kier molecular flexibility index (Phi) is 7.33. The third-order valence-electron chi connectivity index (χ3n) is 5.90. The van der Waals surface area contributed by atoms with Crippen LogP contribution < -0.4 is 0 Å². The summed E-state index contributed by atoms with van der Waals surface area (Å²) < 4.78 is 54.7. The molecule has 0 saturated heterocycles. The van der Waals surface area contributed by atoms with E-state index in [4.69, 9.17) is 16.7 Å². The molecule has 1 saturated carbocycles. The van der Waals surface area contributed by atoms with E-state index in [1.165, 1.54) is 36.0 Å². The molecule has 9 heteroatoms. The van der Waals surface area contributed by atoms with E-state index in [1.54, 1.807) is 6.92 Å². The minimum Gasteiger partial charge on any atom is -0.480 e. The van der Waals surface area contributed by atoms with Gasteiger partial charge in [0, 0.05) is 10.6 Å². The predicted octanol–water partition coefficient (Wildman–Crippen LogP) is 5.68. The number of carbonyl (C=O) groups is 1. The molecule has 0 spiro atoms. The number of sulfone groups is 1. The van der Waals surface area contributed by atoms with E-state index in [0.29, 0.717) is 23.6 Å². The van der Waals surface area contributed by atoms with Crippen molar-refractivity contribution in [1.29, 1.82) is 0 Å². The molecule has 1 aliphatic carbocycles. The second-order valence-electron chi connectivity index (χ2n) is 7.83. The minimum absolute atomic E-state index is 0.00730. The number of halogens is 3. The van der Waals surface area contributed by atoms with Crippen molar-refractivity contribution in [1.82, 2.24) is 0 Å². The molecule has 0 aliphatic heterocycles. The van der Waals surface area contributed by atoms with Gasteiger partial charge >= 0.3 is 5.97 Å². The average Bonchev–Trinajstić information content (AvgIpc) is 2.74. The summed E-state index contributed by atoms with van der Waals surface area (Å²) in [5.41, 5.74) is -0.160. The fourth-order valence-electron chi connectivity index (χ4n) is 4.03. The van der Waals surface area contributed by atoms with E-state index >= 15 is 0 Å². The maximum Gasteiger partial charge on any atom is 0.316 e. The summed E-state index contributed by atoms with van der Waals surface area (Å²) in [5.74, 6) is -1.70. The largest absolute Gasteiger partial charge is 0.480 e. The van der Waals surface area contributed by atoms with Crippen molar-refractivity contribution < 1.29 is 27.1 Å². The van der Waals surface area contributed by atoms with Gasteiger partial charge in [0.1, 0.15) is 16.4 Å². The molecule has 1 fully saturated rings. The first-order valence-electron chi connectivity index (χ1n) is 9.87. The Balaban J connectivity index is 1.97. The molecule has 0 aromatic heterocycles. The molecule has 0 bridgehead atoms. The van der Waals surface area contributed by atoms with Crippen molar-refractivity contribution in [3.63, 3.8) is 0 Å². The number of hydrogen-bond donors (Lipinski definition) is 1. The first-order valence-corrected chi connectivity index (χ1v) is 12.8. The minimum atomic E-state index is -4.07. The monoisotopic (exact) mass is 488 g/mol. The van der Waals surface area contributed by atoms with Crippen LogP contribution in [-0.2, 0) is 19.4 Å². The number of rotatable bonds is 7. The number of carboxylic acid groups (broad SMARTS) is 1. The molecule has 4 nitrogen and oxygen atoms in total. The molecule has 31 heavy (non-hydrogen) atoms. The molecule has 2 aromatic rings. The van der Waals surface area contributed by atoms with Crippen LogP contribution in [0, 0.1) is 17.6 Å². The lowest BCUT2D eigenvalue weighted by molar-refractivity contribution is -0.136. The Morgan fingerprint density at radius 3 is 2.39 bits per heavy atom. The first kappa shape index (κ1) is 24.0. The SMILES string of the molecule is CC(SCC1CCC(c2cc(F)ccc2F)(S(=O)(=O)c2ccc(Cl)cc2)CC1)C(=O)O. The Labute approximate surface area is 189 Å². The Morgan fingerprint density at radius 1 is 1.19 bits per heavy atom. The second-order valence-corrected chi connectivity index (χ2v) is 11.9. The lowest BCUT2D eigenvalue weighted by Crippen LogP contribution is -2.41. The van der Waals surface area contributed by atoms with Crippen molar-refractivity contribution in [2.75, 3.05) is 5.75 Å². The van der Waals surface area contributed by atoms with E-state index in [-0.39, 0.29) is 29.2 Å². The smallest absolute Gasteiger partial charge is 0.316 e. The molecule has 1 unspecified atom stereocenters. The lowest BCUT2D eigenvalue weighted by atomic mass is 9.78. The summed E-state index contributed by atoms with van der Waals surface area (Å²) in [6.07, 6.45) is 1.15.